The van der Waals surface area contributed by atoms with Crippen molar-refractivity contribution in [3.05, 3.63) is 35.1 Å². The van der Waals surface area contributed by atoms with Gasteiger partial charge in [-0.1, -0.05) is 13.0 Å². The molecule has 0 fully saturated rings. The maximum atomic E-state index is 12.9. The topological polar surface area (TPSA) is 26.3 Å². The Labute approximate surface area is 82.7 Å². The molecule has 1 aromatic carbocycles. The maximum Gasteiger partial charge on any atom is 0.293 e. The Bertz CT molecular complexity index is 323. The lowest BCUT2D eigenvalue weighted by Gasteiger charge is -2.13. The number of aryl methyl sites for hydroxylation is 1. The first-order chi connectivity index (χ1) is 6.69. The Morgan fingerprint density at radius 3 is 2.79 bits per heavy atom. The summed E-state index contributed by atoms with van der Waals surface area (Å²) in [6.07, 6.45) is 0.413. The highest BCUT2D eigenvalue weighted by molar-refractivity contribution is 5.39. The molecule has 14 heavy (non-hydrogen) atoms. The zero-order valence-electron chi connectivity index (χ0n) is 8.29. The number of benzene rings is 1. The van der Waals surface area contributed by atoms with E-state index in [1.807, 2.05) is 6.92 Å². The van der Waals surface area contributed by atoms with Gasteiger partial charge < -0.3 is 4.74 Å². The van der Waals surface area contributed by atoms with E-state index in [1.54, 1.807) is 19.1 Å². The van der Waals surface area contributed by atoms with Crippen LogP contribution >= 0.6 is 0 Å². The lowest BCUT2D eigenvalue weighted by atomic mass is 10.0. The van der Waals surface area contributed by atoms with Crippen molar-refractivity contribution in [2.45, 2.75) is 26.4 Å². The van der Waals surface area contributed by atoms with Crippen molar-refractivity contribution >= 4 is 6.47 Å². The molecular weight excluding hydrogens is 183 g/mol. The number of hydrogen-bond donors (Lipinski definition) is 0. The Hall–Kier alpha value is -1.38. The average molecular weight is 196 g/mol. The third-order valence-electron chi connectivity index (χ3n) is 2.14. The van der Waals surface area contributed by atoms with Gasteiger partial charge in [-0.05, 0) is 36.6 Å². The fourth-order valence-corrected chi connectivity index (χ4v) is 1.35. The van der Waals surface area contributed by atoms with Gasteiger partial charge in [-0.3, -0.25) is 4.79 Å². The van der Waals surface area contributed by atoms with Gasteiger partial charge in [0.15, 0.2) is 0 Å². The zero-order valence-corrected chi connectivity index (χ0v) is 8.29. The van der Waals surface area contributed by atoms with Crippen LogP contribution in [0.4, 0.5) is 4.39 Å². The molecule has 0 amide bonds. The van der Waals surface area contributed by atoms with Crippen molar-refractivity contribution in [3.8, 4) is 0 Å². The fourth-order valence-electron chi connectivity index (χ4n) is 1.35. The molecule has 0 aromatic heterocycles. The Kier molecular flexibility index (Phi) is 3.63. The van der Waals surface area contributed by atoms with Crippen LogP contribution in [-0.4, -0.2) is 6.47 Å². The van der Waals surface area contributed by atoms with Gasteiger partial charge in [-0.15, -0.1) is 0 Å². The standard InChI is InChI=1S/C11H13FO2/c1-3-11(14-7-13)9-4-5-10(12)8(2)6-9/h4-7,11H,3H2,1-2H3/t11-/m1/s1. The first kappa shape index (κ1) is 10.7. The summed E-state index contributed by atoms with van der Waals surface area (Å²) in [6, 6.07) is 4.73. The van der Waals surface area contributed by atoms with E-state index >= 15 is 0 Å². The summed E-state index contributed by atoms with van der Waals surface area (Å²) in [5.41, 5.74) is 1.40. The summed E-state index contributed by atoms with van der Waals surface area (Å²) in [6.45, 7) is 4.02. The third-order valence-corrected chi connectivity index (χ3v) is 2.14. The highest BCUT2D eigenvalue weighted by Crippen LogP contribution is 2.22. The minimum absolute atomic E-state index is 0.241. The predicted octanol–water partition coefficient (Wildman–Crippen LogP) is 2.76. The zero-order chi connectivity index (χ0) is 10.6. The number of ether oxygens (including phenoxy) is 1. The van der Waals surface area contributed by atoms with Crippen LogP contribution in [0.25, 0.3) is 0 Å². The largest absolute Gasteiger partial charge is 0.460 e. The van der Waals surface area contributed by atoms with Crippen molar-refractivity contribution in [2.24, 2.45) is 0 Å². The van der Waals surface area contributed by atoms with Crippen molar-refractivity contribution in [1.29, 1.82) is 0 Å². The van der Waals surface area contributed by atoms with Gasteiger partial charge in [-0.25, -0.2) is 4.39 Å². The highest BCUT2D eigenvalue weighted by Gasteiger charge is 2.10. The SMILES string of the molecule is CC[C@@H](OC=O)c1ccc(F)c(C)c1. The van der Waals surface area contributed by atoms with E-state index < -0.39 is 0 Å². The van der Waals surface area contributed by atoms with Crippen LogP contribution < -0.4 is 0 Å². The van der Waals surface area contributed by atoms with E-state index in [0.29, 0.717) is 18.5 Å². The molecule has 0 spiro atoms. The lowest BCUT2D eigenvalue weighted by Crippen LogP contribution is -2.02. The molecule has 0 radical (unpaired) electrons. The maximum absolute atomic E-state index is 12.9. The van der Waals surface area contributed by atoms with Gasteiger partial charge >= 0.3 is 0 Å². The van der Waals surface area contributed by atoms with Crippen molar-refractivity contribution in [3.63, 3.8) is 0 Å². The molecule has 0 unspecified atom stereocenters. The van der Waals surface area contributed by atoms with E-state index in [2.05, 4.69) is 0 Å². The quantitative estimate of drug-likeness (QED) is 0.692. The lowest BCUT2D eigenvalue weighted by molar-refractivity contribution is -0.134. The second kappa shape index (κ2) is 4.74. The monoisotopic (exact) mass is 196 g/mol. The Morgan fingerprint density at radius 1 is 1.57 bits per heavy atom. The van der Waals surface area contributed by atoms with E-state index in [4.69, 9.17) is 4.74 Å². The van der Waals surface area contributed by atoms with E-state index in [9.17, 15) is 9.18 Å². The Morgan fingerprint density at radius 2 is 2.29 bits per heavy atom. The normalized spacial score (nSPS) is 12.2. The number of rotatable bonds is 4. The van der Waals surface area contributed by atoms with Gasteiger partial charge in [0.25, 0.3) is 6.47 Å². The molecule has 1 atom stereocenters. The smallest absolute Gasteiger partial charge is 0.293 e. The highest BCUT2D eigenvalue weighted by atomic mass is 19.1. The summed E-state index contributed by atoms with van der Waals surface area (Å²) in [4.78, 5) is 10.2. The molecule has 2 nitrogen and oxygen atoms in total. The first-order valence-corrected chi connectivity index (χ1v) is 4.54. The summed E-state index contributed by atoms with van der Waals surface area (Å²) in [5.74, 6) is -0.241. The van der Waals surface area contributed by atoms with Gasteiger partial charge in [-0.2, -0.15) is 0 Å². The molecule has 1 rings (SSSR count). The van der Waals surface area contributed by atoms with Crippen molar-refractivity contribution in [2.75, 3.05) is 0 Å². The van der Waals surface area contributed by atoms with Crippen LogP contribution in [0.15, 0.2) is 18.2 Å². The van der Waals surface area contributed by atoms with Crippen molar-refractivity contribution < 1.29 is 13.9 Å². The van der Waals surface area contributed by atoms with Crippen LogP contribution in [-0.2, 0) is 9.53 Å². The molecule has 0 aliphatic rings. The molecule has 0 N–H and O–H groups in total. The van der Waals surface area contributed by atoms with Crippen LogP contribution in [0, 0.1) is 12.7 Å². The molecule has 0 heterocycles. The number of carbonyl (C=O) groups excluding carboxylic acids is 1. The predicted molar refractivity (Wildman–Crippen MR) is 51.3 cm³/mol. The first-order valence-electron chi connectivity index (χ1n) is 4.54. The number of carbonyl (C=O) groups is 1. The second-order valence-corrected chi connectivity index (χ2v) is 3.14. The molecule has 0 aliphatic heterocycles. The summed E-state index contributed by atoms with van der Waals surface area (Å²) < 4.78 is 17.8. The van der Waals surface area contributed by atoms with Crippen LogP contribution in [0.5, 0.6) is 0 Å². The Balaban J connectivity index is 2.93. The van der Waals surface area contributed by atoms with Crippen LogP contribution in [0.2, 0.25) is 0 Å². The van der Waals surface area contributed by atoms with E-state index in [0.717, 1.165) is 5.56 Å². The molecule has 0 saturated heterocycles. The molecular formula is C11H13FO2. The third kappa shape index (κ3) is 2.31. The van der Waals surface area contributed by atoms with Gasteiger partial charge in [0, 0.05) is 0 Å². The molecule has 1 aromatic rings. The minimum Gasteiger partial charge on any atom is -0.460 e. The summed E-state index contributed by atoms with van der Waals surface area (Å²) in [7, 11) is 0. The molecule has 0 bridgehead atoms. The van der Waals surface area contributed by atoms with Gasteiger partial charge in [0.05, 0.1) is 0 Å². The van der Waals surface area contributed by atoms with E-state index in [1.165, 1.54) is 6.07 Å². The fraction of sp³-hybridized carbons (Fsp3) is 0.364. The molecule has 0 aliphatic carbocycles. The van der Waals surface area contributed by atoms with Gasteiger partial charge in [0.1, 0.15) is 11.9 Å². The summed E-state index contributed by atoms with van der Waals surface area (Å²) in [5, 5.41) is 0. The molecule has 0 saturated carbocycles. The summed E-state index contributed by atoms with van der Waals surface area (Å²) >= 11 is 0. The molecule has 3 heteroatoms. The van der Waals surface area contributed by atoms with Crippen molar-refractivity contribution in [1.82, 2.24) is 0 Å². The average Bonchev–Trinajstić information content (AvgIpc) is 2.19. The molecule has 76 valence electrons. The van der Waals surface area contributed by atoms with Gasteiger partial charge in [0.2, 0.25) is 0 Å². The number of halogens is 1. The van der Waals surface area contributed by atoms with Crippen LogP contribution in [0.3, 0.4) is 0 Å². The second-order valence-electron chi connectivity index (χ2n) is 3.14. The van der Waals surface area contributed by atoms with E-state index in [-0.39, 0.29) is 11.9 Å². The number of hydrogen-bond acceptors (Lipinski definition) is 2. The minimum atomic E-state index is -0.271. The van der Waals surface area contributed by atoms with Crippen LogP contribution in [0.1, 0.15) is 30.6 Å².